The molecule has 106 valence electrons. The van der Waals surface area contributed by atoms with E-state index in [0.717, 1.165) is 6.42 Å². The molecule has 1 rings (SSSR count). The van der Waals surface area contributed by atoms with Gasteiger partial charge in [0.1, 0.15) is 0 Å². The third-order valence-corrected chi connectivity index (χ3v) is 3.22. The molecule has 0 aliphatic carbocycles. The maximum Gasteiger partial charge on any atom is 0.223 e. The van der Waals surface area contributed by atoms with Gasteiger partial charge in [0.25, 0.3) is 0 Å². The largest absolute Gasteiger partial charge is 0.396 e. The fraction of sp³-hybridized carbons (Fsp3) is 0.500. The van der Waals surface area contributed by atoms with Crippen LogP contribution in [0.1, 0.15) is 37.9 Å². The lowest BCUT2D eigenvalue weighted by Crippen LogP contribution is -2.35. The van der Waals surface area contributed by atoms with Crippen LogP contribution in [0.25, 0.3) is 0 Å². The van der Waals surface area contributed by atoms with Gasteiger partial charge < -0.3 is 15.5 Å². The zero-order chi connectivity index (χ0) is 14.3. The van der Waals surface area contributed by atoms with Crippen molar-refractivity contribution in [3.63, 3.8) is 0 Å². The van der Waals surface area contributed by atoms with Gasteiger partial charge in [-0.25, -0.2) is 0 Å². The van der Waals surface area contributed by atoms with Crippen LogP contribution in [0.15, 0.2) is 24.3 Å². The SMILES string of the molecule is CCC(CCO)NC(=O)CC(O)c1ccc(Cl)cc1. The lowest BCUT2D eigenvalue weighted by atomic mass is 10.1. The van der Waals surface area contributed by atoms with E-state index in [-0.39, 0.29) is 25.0 Å². The van der Waals surface area contributed by atoms with E-state index in [2.05, 4.69) is 5.32 Å². The number of benzene rings is 1. The number of hydrogen-bond acceptors (Lipinski definition) is 3. The Hall–Kier alpha value is -1.10. The van der Waals surface area contributed by atoms with E-state index < -0.39 is 6.10 Å². The highest BCUT2D eigenvalue weighted by atomic mass is 35.5. The number of carbonyl (C=O) groups is 1. The summed E-state index contributed by atoms with van der Waals surface area (Å²) >= 11 is 5.76. The smallest absolute Gasteiger partial charge is 0.223 e. The lowest BCUT2D eigenvalue weighted by molar-refractivity contribution is -0.123. The average Bonchev–Trinajstić information content (AvgIpc) is 2.38. The van der Waals surface area contributed by atoms with Gasteiger partial charge in [-0.05, 0) is 30.5 Å². The number of rotatable bonds is 7. The predicted molar refractivity (Wildman–Crippen MR) is 75.0 cm³/mol. The standard InChI is InChI=1S/C14H20ClNO3/c1-2-12(7-8-17)16-14(19)9-13(18)10-3-5-11(15)6-4-10/h3-6,12-13,17-18H,2,7-9H2,1H3,(H,16,19). The minimum absolute atomic E-state index is 0.00353. The van der Waals surface area contributed by atoms with Crippen molar-refractivity contribution in [2.24, 2.45) is 0 Å². The quantitative estimate of drug-likeness (QED) is 0.718. The van der Waals surface area contributed by atoms with E-state index in [9.17, 15) is 9.90 Å². The van der Waals surface area contributed by atoms with E-state index in [1.165, 1.54) is 0 Å². The van der Waals surface area contributed by atoms with Crippen molar-refractivity contribution < 1.29 is 15.0 Å². The minimum atomic E-state index is -0.844. The van der Waals surface area contributed by atoms with Crippen molar-refractivity contribution in [2.45, 2.75) is 38.3 Å². The van der Waals surface area contributed by atoms with Crippen molar-refractivity contribution in [3.05, 3.63) is 34.9 Å². The fourth-order valence-electron chi connectivity index (χ4n) is 1.80. The highest BCUT2D eigenvalue weighted by Crippen LogP contribution is 2.19. The monoisotopic (exact) mass is 285 g/mol. The first-order valence-electron chi connectivity index (χ1n) is 6.40. The van der Waals surface area contributed by atoms with Gasteiger partial charge in [0.15, 0.2) is 0 Å². The molecule has 4 nitrogen and oxygen atoms in total. The van der Waals surface area contributed by atoms with Crippen molar-refractivity contribution in [1.29, 1.82) is 0 Å². The molecule has 0 heterocycles. The number of aliphatic hydroxyl groups excluding tert-OH is 2. The molecule has 0 fully saturated rings. The summed E-state index contributed by atoms with van der Waals surface area (Å²) in [5, 5.41) is 22.2. The molecule has 0 saturated carbocycles. The van der Waals surface area contributed by atoms with Gasteiger partial charge in [-0.2, -0.15) is 0 Å². The van der Waals surface area contributed by atoms with Gasteiger partial charge in [0.05, 0.1) is 12.5 Å². The normalized spacial score (nSPS) is 13.9. The maximum atomic E-state index is 11.8. The summed E-state index contributed by atoms with van der Waals surface area (Å²) in [6.45, 7) is 1.98. The van der Waals surface area contributed by atoms with E-state index in [4.69, 9.17) is 16.7 Å². The van der Waals surface area contributed by atoms with Crippen LogP contribution in [0.4, 0.5) is 0 Å². The zero-order valence-corrected chi connectivity index (χ0v) is 11.7. The van der Waals surface area contributed by atoms with Crippen LogP contribution in [-0.2, 0) is 4.79 Å². The van der Waals surface area contributed by atoms with Crippen LogP contribution >= 0.6 is 11.6 Å². The van der Waals surface area contributed by atoms with Crippen molar-refractivity contribution in [3.8, 4) is 0 Å². The van der Waals surface area contributed by atoms with Gasteiger partial charge >= 0.3 is 0 Å². The Morgan fingerprint density at radius 3 is 2.53 bits per heavy atom. The fourth-order valence-corrected chi connectivity index (χ4v) is 1.93. The summed E-state index contributed by atoms with van der Waals surface area (Å²) in [5.74, 6) is -0.220. The molecule has 1 aromatic rings. The Labute approximate surface area is 118 Å². The summed E-state index contributed by atoms with van der Waals surface area (Å²) in [5.41, 5.74) is 0.662. The molecule has 0 spiro atoms. The molecule has 0 saturated heterocycles. The molecule has 2 unspecified atom stereocenters. The molecule has 0 bridgehead atoms. The van der Waals surface area contributed by atoms with Crippen molar-refractivity contribution in [1.82, 2.24) is 5.32 Å². The van der Waals surface area contributed by atoms with Gasteiger partial charge in [-0.15, -0.1) is 0 Å². The first-order valence-corrected chi connectivity index (χ1v) is 6.78. The first-order chi connectivity index (χ1) is 9.06. The predicted octanol–water partition coefficient (Wildman–Crippen LogP) is 2.04. The zero-order valence-electron chi connectivity index (χ0n) is 11.0. The summed E-state index contributed by atoms with van der Waals surface area (Å²) in [6.07, 6.45) is 0.440. The van der Waals surface area contributed by atoms with Crippen molar-refractivity contribution in [2.75, 3.05) is 6.61 Å². The van der Waals surface area contributed by atoms with E-state index in [1.807, 2.05) is 6.92 Å². The topological polar surface area (TPSA) is 69.6 Å². The number of hydrogen-bond donors (Lipinski definition) is 3. The molecule has 19 heavy (non-hydrogen) atoms. The molecular weight excluding hydrogens is 266 g/mol. The average molecular weight is 286 g/mol. The van der Waals surface area contributed by atoms with Crippen LogP contribution in [0.5, 0.6) is 0 Å². The van der Waals surface area contributed by atoms with Crippen molar-refractivity contribution >= 4 is 17.5 Å². The molecule has 5 heteroatoms. The van der Waals surface area contributed by atoms with Gasteiger partial charge in [0, 0.05) is 17.7 Å². The number of aliphatic hydroxyl groups is 2. The summed E-state index contributed by atoms with van der Waals surface area (Å²) < 4.78 is 0. The van der Waals surface area contributed by atoms with Gasteiger partial charge in [-0.1, -0.05) is 30.7 Å². The lowest BCUT2D eigenvalue weighted by Gasteiger charge is -2.17. The summed E-state index contributed by atoms with van der Waals surface area (Å²) in [4.78, 5) is 11.8. The maximum absolute atomic E-state index is 11.8. The third-order valence-electron chi connectivity index (χ3n) is 2.97. The second-order valence-corrected chi connectivity index (χ2v) is 4.89. The molecule has 0 aliphatic heterocycles. The summed E-state index contributed by atoms with van der Waals surface area (Å²) in [7, 11) is 0. The Morgan fingerprint density at radius 2 is 2.00 bits per heavy atom. The Kier molecular flexibility index (Phi) is 6.84. The number of nitrogens with one attached hydrogen (secondary N) is 1. The second-order valence-electron chi connectivity index (χ2n) is 4.46. The Balaban J connectivity index is 2.49. The van der Waals surface area contributed by atoms with E-state index in [0.29, 0.717) is 17.0 Å². The molecule has 3 N–H and O–H groups in total. The Bertz CT molecular complexity index is 394. The van der Waals surface area contributed by atoms with Crippen LogP contribution < -0.4 is 5.32 Å². The number of amides is 1. The number of carbonyl (C=O) groups excluding carboxylic acids is 1. The summed E-state index contributed by atoms with van der Waals surface area (Å²) in [6, 6.07) is 6.71. The van der Waals surface area contributed by atoms with E-state index in [1.54, 1.807) is 24.3 Å². The molecule has 0 aliphatic rings. The molecule has 2 atom stereocenters. The van der Waals surface area contributed by atoms with Gasteiger partial charge in [-0.3, -0.25) is 4.79 Å². The molecule has 1 aromatic carbocycles. The molecule has 1 amide bonds. The second kappa shape index (κ2) is 8.15. The Morgan fingerprint density at radius 1 is 1.37 bits per heavy atom. The van der Waals surface area contributed by atoms with E-state index >= 15 is 0 Å². The van der Waals surface area contributed by atoms with Crippen LogP contribution in [0, 0.1) is 0 Å². The van der Waals surface area contributed by atoms with Gasteiger partial charge in [0.2, 0.25) is 5.91 Å². The highest BCUT2D eigenvalue weighted by Gasteiger charge is 2.15. The molecule has 0 radical (unpaired) electrons. The third kappa shape index (κ3) is 5.59. The minimum Gasteiger partial charge on any atom is -0.396 e. The first kappa shape index (κ1) is 16.0. The van der Waals surface area contributed by atoms with Crippen LogP contribution in [-0.4, -0.2) is 28.8 Å². The number of halogens is 1. The van der Waals surface area contributed by atoms with Crippen LogP contribution in [0.3, 0.4) is 0 Å². The molecular formula is C14H20ClNO3. The van der Waals surface area contributed by atoms with Crippen LogP contribution in [0.2, 0.25) is 5.02 Å². The molecule has 0 aromatic heterocycles. The highest BCUT2D eigenvalue weighted by molar-refractivity contribution is 6.30.